The van der Waals surface area contributed by atoms with Crippen molar-refractivity contribution in [3.63, 3.8) is 0 Å². The van der Waals surface area contributed by atoms with Gasteiger partial charge >= 0.3 is 0 Å². The zero-order valence-electron chi connectivity index (χ0n) is 16.2. The monoisotopic (exact) mass is 372 g/mol. The molecule has 1 aromatic carbocycles. The van der Waals surface area contributed by atoms with E-state index in [9.17, 15) is 9.50 Å². The molecule has 3 rings (SSSR count). The molecule has 0 spiro atoms. The fourth-order valence-electron chi connectivity index (χ4n) is 3.53. The summed E-state index contributed by atoms with van der Waals surface area (Å²) in [7, 11) is 0. The first kappa shape index (κ1) is 19.7. The quantitative estimate of drug-likeness (QED) is 0.759. The maximum Gasteiger partial charge on any atom is 0.148 e. The Balaban J connectivity index is 1.63. The fraction of sp³-hybridized carbons (Fsp3) is 0.476. The smallest absolute Gasteiger partial charge is 0.148 e. The van der Waals surface area contributed by atoms with Gasteiger partial charge in [0.1, 0.15) is 11.5 Å². The summed E-state index contributed by atoms with van der Waals surface area (Å²) in [4.78, 5) is 4.84. The van der Waals surface area contributed by atoms with Crippen molar-refractivity contribution in [3.8, 4) is 5.69 Å². The maximum absolute atomic E-state index is 13.9. The Kier molecular flexibility index (Phi) is 6.77. The van der Waals surface area contributed by atoms with Crippen molar-refractivity contribution in [2.45, 2.75) is 32.9 Å². The van der Waals surface area contributed by atoms with Gasteiger partial charge in [0.05, 0.1) is 6.20 Å². The van der Waals surface area contributed by atoms with Crippen molar-refractivity contribution in [3.05, 3.63) is 59.7 Å². The van der Waals surface area contributed by atoms with Crippen LogP contribution in [0.4, 0.5) is 4.39 Å². The van der Waals surface area contributed by atoms with Gasteiger partial charge < -0.3 is 5.11 Å². The molecule has 1 saturated heterocycles. The van der Waals surface area contributed by atoms with E-state index in [1.807, 2.05) is 18.5 Å². The second kappa shape index (κ2) is 9.26. The van der Waals surface area contributed by atoms with Gasteiger partial charge in [-0.15, -0.1) is 0 Å². The summed E-state index contributed by atoms with van der Waals surface area (Å²) in [5.74, 6) is -0.275. The van der Waals surface area contributed by atoms with Crippen molar-refractivity contribution in [1.29, 1.82) is 0 Å². The molecule has 1 aromatic heterocycles. The molecular weight excluding hydrogens is 343 g/mol. The molecule has 146 valence electrons. The number of aromatic nitrogens is 2. The highest BCUT2D eigenvalue weighted by molar-refractivity contribution is 5.32. The summed E-state index contributed by atoms with van der Waals surface area (Å²) in [6.45, 7) is 9.03. The molecule has 2 aromatic rings. The number of piperazine rings is 1. The normalized spacial score (nSPS) is 18.6. The molecule has 0 amide bonds. The second-order valence-electron chi connectivity index (χ2n) is 7.42. The van der Waals surface area contributed by atoms with Crippen molar-refractivity contribution in [1.82, 2.24) is 19.6 Å². The Morgan fingerprint density at radius 2 is 2.11 bits per heavy atom. The third-order valence-corrected chi connectivity index (χ3v) is 5.03. The number of benzene rings is 1. The largest absolute Gasteiger partial charge is 0.396 e. The van der Waals surface area contributed by atoms with Gasteiger partial charge in [-0.25, -0.2) is 9.07 Å². The third kappa shape index (κ3) is 5.25. The maximum atomic E-state index is 13.9. The van der Waals surface area contributed by atoms with Crippen molar-refractivity contribution in [2.75, 3.05) is 32.8 Å². The minimum atomic E-state index is -0.275. The van der Waals surface area contributed by atoms with Crippen LogP contribution in [0.1, 0.15) is 25.8 Å². The molecule has 2 heterocycles. The highest BCUT2D eigenvalue weighted by atomic mass is 19.1. The average Bonchev–Trinajstić information content (AvgIpc) is 3.10. The van der Waals surface area contributed by atoms with Crippen molar-refractivity contribution < 1.29 is 9.50 Å². The predicted octanol–water partition coefficient (Wildman–Crippen LogP) is 2.85. The molecule has 1 unspecified atom stereocenters. The molecule has 0 saturated carbocycles. The number of aliphatic hydroxyl groups is 1. The first-order valence-corrected chi connectivity index (χ1v) is 9.56. The van der Waals surface area contributed by atoms with Crippen LogP contribution in [0.5, 0.6) is 0 Å². The Morgan fingerprint density at radius 3 is 2.85 bits per heavy atom. The van der Waals surface area contributed by atoms with E-state index in [0.717, 1.165) is 44.7 Å². The zero-order chi connectivity index (χ0) is 19.2. The summed E-state index contributed by atoms with van der Waals surface area (Å²) in [5, 5.41) is 13.8. The van der Waals surface area contributed by atoms with Crippen LogP contribution in [0.15, 0.2) is 48.3 Å². The van der Waals surface area contributed by atoms with Crippen LogP contribution in [0, 0.1) is 5.82 Å². The Bertz CT molecular complexity index is 769. The molecule has 1 aliphatic rings. The van der Waals surface area contributed by atoms with Gasteiger partial charge in [-0.2, -0.15) is 5.10 Å². The number of nitrogens with zero attached hydrogens (tertiary/aromatic N) is 4. The highest BCUT2D eigenvalue weighted by Gasteiger charge is 2.26. The summed E-state index contributed by atoms with van der Waals surface area (Å²) in [5.41, 5.74) is 2.85. The van der Waals surface area contributed by atoms with E-state index in [4.69, 9.17) is 0 Å². The molecule has 27 heavy (non-hydrogen) atoms. The van der Waals surface area contributed by atoms with Gasteiger partial charge in [-0.05, 0) is 32.4 Å². The van der Waals surface area contributed by atoms with E-state index in [1.165, 1.54) is 11.6 Å². The lowest BCUT2D eigenvalue weighted by Crippen LogP contribution is -2.53. The predicted molar refractivity (Wildman–Crippen MR) is 105 cm³/mol. The van der Waals surface area contributed by atoms with E-state index < -0.39 is 0 Å². The molecule has 1 N–H and O–H groups in total. The molecule has 1 atom stereocenters. The minimum Gasteiger partial charge on any atom is -0.396 e. The molecule has 1 fully saturated rings. The standard InChI is InChI=1S/C21H29FN4O/c1-17(2)7-9-25-11-10-24(16-19(25)8-12-27)14-18-13-23-26(15-18)21-6-4-3-5-20(21)22/h3-7,13,15,19,27H,8-12,14,16H2,1-2H3. The number of para-hydroxylation sites is 1. The molecule has 5 nitrogen and oxygen atoms in total. The van der Waals surface area contributed by atoms with E-state index in [1.54, 1.807) is 16.8 Å². The van der Waals surface area contributed by atoms with Gasteiger partial charge in [-0.3, -0.25) is 9.80 Å². The molecule has 0 bridgehead atoms. The number of rotatable bonds is 7. The first-order valence-electron chi connectivity index (χ1n) is 9.56. The van der Waals surface area contributed by atoms with Crippen LogP contribution >= 0.6 is 0 Å². The van der Waals surface area contributed by atoms with E-state index in [2.05, 4.69) is 34.8 Å². The molecular formula is C21H29FN4O. The molecule has 1 aliphatic heterocycles. The Morgan fingerprint density at radius 1 is 1.30 bits per heavy atom. The topological polar surface area (TPSA) is 44.5 Å². The lowest BCUT2D eigenvalue weighted by Gasteiger charge is -2.41. The summed E-state index contributed by atoms with van der Waals surface area (Å²) < 4.78 is 15.5. The van der Waals surface area contributed by atoms with E-state index >= 15 is 0 Å². The fourth-order valence-corrected chi connectivity index (χ4v) is 3.53. The average molecular weight is 372 g/mol. The zero-order valence-corrected chi connectivity index (χ0v) is 16.2. The first-order chi connectivity index (χ1) is 13.1. The van der Waals surface area contributed by atoms with Gasteiger partial charge in [0.15, 0.2) is 0 Å². The van der Waals surface area contributed by atoms with Crippen LogP contribution in [0.3, 0.4) is 0 Å². The van der Waals surface area contributed by atoms with Crippen molar-refractivity contribution in [2.24, 2.45) is 0 Å². The Hall–Kier alpha value is -2.02. The molecule has 6 heteroatoms. The van der Waals surface area contributed by atoms with Crippen LogP contribution in [-0.4, -0.2) is 63.5 Å². The Labute approximate surface area is 160 Å². The number of hydrogen-bond acceptors (Lipinski definition) is 4. The van der Waals surface area contributed by atoms with Gasteiger partial charge in [-0.1, -0.05) is 23.8 Å². The van der Waals surface area contributed by atoms with E-state index in [0.29, 0.717) is 11.7 Å². The SMILES string of the molecule is CC(C)=CCN1CCN(Cc2cnn(-c3ccccc3F)c2)CC1CCO. The number of allylic oxidation sites excluding steroid dienone is 1. The van der Waals surface area contributed by atoms with Crippen molar-refractivity contribution >= 4 is 0 Å². The number of halogens is 1. The van der Waals surface area contributed by atoms with Gasteiger partial charge in [0, 0.05) is 57.1 Å². The van der Waals surface area contributed by atoms with Gasteiger partial charge in [0.2, 0.25) is 0 Å². The summed E-state index contributed by atoms with van der Waals surface area (Å²) in [6, 6.07) is 7.01. The van der Waals surface area contributed by atoms with Crippen LogP contribution in [-0.2, 0) is 6.54 Å². The number of aliphatic hydroxyl groups excluding tert-OH is 1. The highest BCUT2D eigenvalue weighted by Crippen LogP contribution is 2.17. The van der Waals surface area contributed by atoms with Crippen LogP contribution in [0.2, 0.25) is 0 Å². The lowest BCUT2D eigenvalue weighted by molar-refractivity contribution is 0.0636. The minimum absolute atomic E-state index is 0.203. The lowest BCUT2D eigenvalue weighted by atomic mass is 10.1. The van der Waals surface area contributed by atoms with Crippen LogP contribution < -0.4 is 0 Å². The summed E-state index contributed by atoms with van der Waals surface area (Å²) >= 11 is 0. The van der Waals surface area contributed by atoms with Gasteiger partial charge in [0.25, 0.3) is 0 Å². The molecule has 0 aliphatic carbocycles. The number of hydrogen-bond donors (Lipinski definition) is 1. The van der Waals surface area contributed by atoms with Crippen LogP contribution in [0.25, 0.3) is 5.69 Å². The second-order valence-corrected chi connectivity index (χ2v) is 7.42. The molecule has 0 radical (unpaired) electrons. The third-order valence-electron chi connectivity index (χ3n) is 5.03. The summed E-state index contributed by atoms with van der Waals surface area (Å²) in [6.07, 6.45) is 6.73. The van der Waals surface area contributed by atoms with E-state index in [-0.39, 0.29) is 12.4 Å².